The number of H-pyrrole nitrogens is 1. The summed E-state index contributed by atoms with van der Waals surface area (Å²) in [4.78, 5) is 12.4. The van der Waals surface area contributed by atoms with Crippen molar-refractivity contribution in [3.63, 3.8) is 0 Å². The normalized spacial score (nSPS) is 10.7. The van der Waals surface area contributed by atoms with E-state index < -0.39 is 5.91 Å². The minimum atomic E-state index is -0.432. The van der Waals surface area contributed by atoms with Crippen LogP contribution in [0.1, 0.15) is 16.1 Å². The van der Waals surface area contributed by atoms with E-state index in [2.05, 4.69) is 20.7 Å². The van der Waals surface area contributed by atoms with Gasteiger partial charge in [-0.3, -0.25) is 9.89 Å². The van der Waals surface area contributed by atoms with Gasteiger partial charge in [-0.15, -0.1) is 0 Å². The quantitative estimate of drug-likeness (QED) is 0.437. The van der Waals surface area contributed by atoms with Crippen LogP contribution >= 0.6 is 0 Å². The van der Waals surface area contributed by atoms with Crippen molar-refractivity contribution in [3.05, 3.63) is 53.7 Å². The van der Waals surface area contributed by atoms with E-state index in [1.165, 1.54) is 27.5 Å². The van der Waals surface area contributed by atoms with E-state index in [9.17, 15) is 4.79 Å². The molecule has 1 heterocycles. The van der Waals surface area contributed by atoms with Crippen molar-refractivity contribution in [1.82, 2.24) is 15.6 Å². The predicted octanol–water partition coefficient (Wildman–Crippen LogP) is 2.88. The molecule has 0 aliphatic heterocycles. The number of hydrogen-bond donors (Lipinski definition) is 2. The van der Waals surface area contributed by atoms with Crippen LogP contribution in [0, 0.1) is 0 Å². The van der Waals surface area contributed by atoms with Gasteiger partial charge < -0.3 is 18.9 Å². The third kappa shape index (κ3) is 4.52. The van der Waals surface area contributed by atoms with Crippen molar-refractivity contribution < 1.29 is 23.7 Å². The highest BCUT2D eigenvalue weighted by Gasteiger charge is 2.12. The van der Waals surface area contributed by atoms with Crippen molar-refractivity contribution in [1.29, 1.82) is 0 Å². The van der Waals surface area contributed by atoms with Crippen LogP contribution in [-0.4, -0.2) is 50.8 Å². The monoisotopic (exact) mass is 410 g/mol. The first-order chi connectivity index (χ1) is 14.6. The van der Waals surface area contributed by atoms with Gasteiger partial charge in [0.05, 0.1) is 40.3 Å². The Balaban J connectivity index is 1.71. The van der Waals surface area contributed by atoms with Crippen molar-refractivity contribution in [2.45, 2.75) is 0 Å². The number of methoxy groups -OCH3 is 4. The van der Waals surface area contributed by atoms with Gasteiger partial charge in [-0.25, -0.2) is 5.43 Å². The van der Waals surface area contributed by atoms with Gasteiger partial charge in [0.15, 0.2) is 11.5 Å². The van der Waals surface area contributed by atoms with Crippen LogP contribution in [0.2, 0.25) is 0 Å². The molecule has 0 saturated heterocycles. The number of nitrogens with zero attached hydrogens (tertiary/aromatic N) is 2. The molecular weight excluding hydrogens is 388 g/mol. The third-order valence-corrected chi connectivity index (χ3v) is 4.31. The standard InChI is InChI=1S/C21H22N4O5/c1-27-15-7-5-13(6-8-15)16-10-17(24-23-16)21(26)25-22-12-14-9-19(29-3)20(30-4)11-18(14)28-2/h5-12H,1-4H3,(H,23,24)(H,25,26)/b22-12-. The van der Waals surface area contributed by atoms with Crippen molar-refractivity contribution in [3.8, 4) is 34.3 Å². The Morgan fingerprint density at radius 2 is 1.60 bits per heavy atom. The lowest BCUT2D eigenvalue weighted by molar-refractivity contribution is 0.0950. The molecule has 2 aromatic carbocycles. The maximum absolute atomic E-state index is 12.4. The summed E-state index contributed by atoms with van der Waals surface area (Å²) in [6.07, 6.45) is 1.46. The molecule has 9 nitrogen and oxygen atoms in total. The minimum absolute atomic E-state index is 0.275. The van der Waals surface area contributed by atoms with Crippen LogP contribution in [0.5, 0.6) is 23.0 Å². The summed E-state index contributed by atoms with van der Waals surface area (Å²) in [5.41, 5.74) is 4.83. The number of benzene rings is 2. The molecule has 0 unspecified atom stereocenters. The molecule has 0 atom stereocenters. The zero-order chi connectivity index (χ0) is 21.5. The Bertz CT molecular complexity index is 1040. The first-order valence-corrected chi connectivity index (χ1v) is 8.92. The molecule has 0 radical (unpaired) electrons. The Kier molecular flexibility index (Phi) is 6.53. The number of carbonyl (C=O) groups is 1. The number of aromatic nitrogens is 2. The number of ether oxygens (including phenoxy) is 4. The maximum atomic E-state index is 12.4. The van der Waals surface area contributed by atoms with Crippen LogP contribution in [0.15, 0.2) is 47.6 Å². The smallest absolute Gasteiger partial charge is 0.289 e. The molecule has 0 aliphatic carbocycles. The predicted molar refractivity (Wildman–Crippen MR) is 112 cm³/mol. The van der Waals surface area contributed by atoms with E-state index in [0.29, 0.717) is 28.5 Å². The van der Waals surface area contributed by atoms with Crippen LogP contribution in [0.4, 0.5) is 0 Å². The molecule has 1 aromatic heterocycles. The second-order valence-electron chi connectivity index (χ2n) is 6.04. The summed E-state index contributed by atoms with van der Waals surface area (Å²) < 4.78 is 21.0. The van der Waals surface area contributed by atoms with Crippen molar-refractivity contribution >= 4 is 12.1 Å². The Labute approximate surface area is 173 Å². The number of aromatic amines is 1. The number of hydrogen-bond acceptors (Lipinski definition) is 7. The van der Waals surface area contributed by atoms with Crippen molar-refractivity contribution in [2.24, 2.45) is 5.10 Å². The summed E-state index contributed by atoms with van der Waals surface area (Å²) >= 11 is 0. The van der Waals surface area contributed by atoms with Gasteiger partial charge in [-0.05, 0) is 36.4 Å². The second-order valence-corrected chi connectivity index (χ2v) is 6.04. The van der Waals surface area contributed by atoms with E-state index in [0.717, 1.165) is 11.3 Å². The molecule has 0 spiro atoms. The molecule has 1 amide bonds. The number of amides is 1. The van der Waals surface area contributed by atoms with Crippen LogP contribution in [0.3, 0.4) is 0 Å². The SMILES string of the molecule is COc1ccc(-c2cc(C(=O)N/N=C\c3cc(OC)c(OC)cc3OC)[nH]n2)cc1. The number of hydrazone groups is 1. The number of rotatable bonds is 8. The molecule has 156 valence electrons. The lowest BCUT2D eigenvalue weighted by Crippen LogP contribution is -2.18. The number of nitrogens with one attached hydrogen (secondary N) is 2. The largest absolute Gasteiger partial charge is 0.497 e. The van der Waals surface area contributed by atoms with Gasteiger partial charge in [-0.2, -0.15) is 10.2 Å². The Morgan fingerprint density at radius 1 is 0.933 bits per heavy atom. The first-order valence-electron chi connectivity index (χ1n) is 8.92. The Morgan fingerprint density at radius 3 is 2.23 bits per heavy atom. The summed E-state index contributed by atoms with van der Waals surface area (Å²) in [6.45, 7) is 0. The molecule has 3 aromatic rings. The third-order valence-electron chi connectivity index (χ3n) is 4.31. The lowest BCUT2D eigenvalue weighted by atomic mass is 10.1. The van der Waals surface area contributed by atoms with Crippen LogP contribution < -0.4 is 24.4 Å². The van der Waals surface area contributed by atoms with Gasteiger partial charge >= 0.3 is 0 Å². The van der Waals surface area contributed by atoms with Gasteiger partial charge in [0.1, 0.15) is 17.2 Å². The Hall–Kier alpha value is -4.01. The molecule has 30 heavy (non-hydrogen) atoms. The molecule has 2 N–H and O–H groups in total. The highest BCUT2D eigenvalue weighted by molar-refractivity contribution is 5.94. The van der Waals surface area contributed by atoms with E-state index in [-0.39, 0.29) is 5.69 Å². The topological polar surface area (TPSA) is 107 Å². The van der Waals surface area contributed by atoms with Gasteiger partial charge in [0.2, 0.25) is 0 Å². The summed E-state index contributed by atoms with van der Waals surface area (Å²) in [5, 5.41) is 10.9. The molecule has 3 rings (SSSR count). The fourth-order valence-electron chi connectivity index (χ4n) is 2.72. The van der Waals surface area contributed by atoms with Crippen LogP contribution in [-0.2, 0) is 0 Å². The van der Waals surface area contributed by atoms with Gasteiger partial charge in [0.25, 0.3) is 5.91 Å². The zero-order valence-electron chi connectivity index (χ0n) is 17.1. The molecule has 0 aliphatic rings. The fraction of sp³-hybridized carbons (Fsp3) is 0.190. The average molecular weight is 410 g/mol. The average Bonchev–Trinajstić information content (AvgIpc) is 3.29. The molecule has 9 heteroatoms. The first kappa shape index (κ1) is 20.7. The minimum Gasteiger partial charge on any atom is -0.497 e. The van der Waals surface area contributed by atoms with E-state index in [1.807, 2.05) is 24.3 Å². The van der Waals surface area contributed by atoms with E-state index in [1.54, 1.807) is 25.3 Å². The second kappa shape index (κ2) is 9.46. The van der Waals surface area contributed by atoms with E-state index >= 15 is 0 Å². The van der Waals surface area contributed by atoms with Gasteiger partial charge in [-0.1, -0.05) is 0 Å². The van der Waals surface area contributed by atoms with E-state index in [4.69, 9.17) is 18.9 Å². The summed E-state index contributed by atoms with van der Waals surface area (Å²) in [5.74, 6) is 1.88. The number of carbonyl (C=O) groups excluding carboxylic acids is 1. The lowest BCUT2D eigenvalue weighted by Gasteiger charge is -2.11. The molecule has 0 bridgehead atoms. The maximum Gasteiger partial charge on any atom is 0.289 e. The van der Waals surface area contributed by atoms with Crippen molar-refractivity contribution in [2.75, 3.05) is 28.4 Å². The summed E-state index contributed by atoms with van der Waals surface area (Å²) in [7, 11) is 6.20. The molecule has 0 fully saturated rings. The highest BCUT2D eigenvalue weighted by Crippen LogP contribution is 2.33. The highest BCUT2D eigenvalue weighted by atomic mass is 16.5. The molecule has 0 saturated carbocycles. The fourth-order valence-corrected chi connectivity index (χ4v) is 2.72. The van der Waals surface area contributed by atoms with Crippen LogP contribution in [0.25, 0.3) is 11.3 Å². The molecular formula is C21H22N4O5. The zero-order valence-corrected chi connectivity index (χ0v) is 17.1. The van der Waals surface area contributed by atoms with Gasteiger partial charge in [0, 0.05) is 17.2 Å². The summed E-state index contributed by atoms with van der Waals surface area (Å²) in [6, 6.07) is 12.4.